The van der Waals surface area contributed by atoms with Crippen LogP contribution in [0.25, 0.3) is 0 Å². The van der Waals surface area contributed by atoms with Gasteiger partial charge in [-0.2, -0.15) is 0 Å². The highest BCUT2D eigenvalue weighted by molar-refractivity contribution is 7.90. The fourth-order valence-electron chi connectivity index (χ4n) is 1.02. The molecule has 17 heavy (non-hydrogen) atoms. The molecule has 7 heteroatoms. The van der Waals surface area contributed by atoms with Crippen LogP contribution in [-0.2, 0) is 14.6 Å². The third-order valence-electron chi connectivity index (χ3n) is 1.92. The van der Waals surface area contributed by atoms with Crippen LogP contribution < -0.4 is 5.73 Å². The molecule has 1 aromatic carbocycles. The fraction of sp³-hybridized carbons (Fsp3) is 0.300. The van der Waals surface area contributed by atoms with Gasteiger partial charge in [0.15, 0.2) is 9.84 Å². The summed E-state index contributed by atoms with van der Waals surface area (Å²) in [7, 11) is -3.14. The van der Waals surface area contributed by atoms with E-state index < -0.39 is 15.8 Å². The van der Waals surface area contributed by atoms with Gasteiger partial charge >= 0.3 is 5.97 Å². The smallest absolute Gasteiger partial charge is 0.338 e. The molecule has 2 N–H and O–H groups in total. The SMILES string of the molecule is CS(=O)(=O)CCOC(=O)c1ccc(N)c(Cl)c1. The van der Waals surface area contributed by atoms with Gasteiger partial charge in [0.05, 0.1) is 22.0 Å². The molecule has 0 amide bonds. The molecule has 0 bridgehead atoms. The zero-order valence-electron chi connectivity index (χ0n) is 9.14. The van der Waals surface area contributed by atoms with Gasteiger partial charge in [0, 0.05) is 6.26 Å². The molecule has 0 heterocycles. The monoisotopic (exact) mass is 277 g/mol. The predicted molar refractivity (Wildman–Crippen MR) is 65.9 cm³/mol. The molecule has 0 aromatic heterocycles. The number of hydrogen-bond acceptors (Lipinski definition) is 5. The Hall–Kier alpha value is -1.27. The van der Waals surface area contributed by atoms with E-state index in [2.05, 4.69) is 0 Å². The Labute approximate surface area is 104 Å². The van der Waals surface area contributed by atoms with Gasteiger partial charge in [-0.05, 0) is 18.2 Å². The Bertz CT molecular complexity index is 527. The standard InChI is InChI=1S/C10H12ClNO4S/c1-17(14,15)5-4-16-10(13)7-2-3-9(12)8(11)6-7/h2-3,6H,4-5,12H2,1H3. The molecular formula is C10H12ClNO4S. The number of benzene rings is 1. The van der Waals surface area contributed by atoms with E-state index in [4.69, 9.17) is 22.1 Å². The second-order valence-electron chi connectivity index (χ2n) is 3.50. The van der Waals surface area contributed by atoms with Crippen LogP contribution in [0.1, 0.15) is 10.4 Å². The Morgan fingerprint density at radius 3 is 2.65 bits per heavy atom. The number of nitrogen functional groups attached to an aromatic ring is 1. The molecule has 0 aliphatic carbocycles. The number of rotatable bonds is 4. The van der Waals surface area contributed by atoms with Gasteiger partial charge in [-0.1, -0.05) is 11.6 Å². The van der Waals surface area contributed by atoms with E-state index in [-0.39, 0.29) is 22.9 Å². The minimum atomic E-state index is -3.14. The highest BCUT2D eigenvalue weighted by Crippen LogP contribution is 2.19. The summed E-state index contributed by atoms with van der Waals surface area (Å²) in [6.07, 6.45) is 1.07. The molecule has 94 valence electrons. The summed E-state index contributed by atoms with van der Waals surface area (Å²) in [4.78, 5) is 11.5. The van der Waals surface area contributed by atoms with Crippen LogP contribution in [-0.4, -0.2) is 33.0 Å². The number of ether oxygens (including phenoxy) is 1. The van der Waals surface area contributed by atoms with E-state index in [0.29, 0.717) is 5.69 Å². The van der Waals surface area contributed by atoms with Crippen LogP contribution in [0, 0.1) is 0 Å². The second-order valence-corrected chi connectivity index (χ2v) is 6.17. The van der Waals surface area contributed by atoms with Crippen molar-refractivity contribution in [2.45, 2.75) is 0 Å². The maximum atomic E-state index is 11.5. The van der Waals surface area contributed by atoms with E-state index >= 15 is 0 Å². The van der Waals surface area contributed by atoms with Gasteiger partial charge in [0.25, 0.3) is 0 Å². The first-order chi connectivity index (χ1) is 7.79. The number of anilines is 1. The minimum Gasteiger partial charge on any atom is -0.461 e. The first-order valence-electron chi connectivity index (χ1n) is 4.69. The second kappa shape index (κ2) is 5.37. The maximum Gasteiger partial charge on any atom is 0.338 e. The summed E-state index contributed by atoms with van der Waals surface area (Å²) in [6, 6.07) is 4.32. The van der Waals surface area contributed by atoms with E-state index in [1.54, 1.807) is 0 Å². The number of esters is 1. The summed E-state index contributed by atoms with van der Waals surface area (Å²) in [5.41, 5.74) is 6.08. The van der Waals surface area contributed by atoms with Crippen LogP contribution >= 0.6 is 11.6 Å². The Morgan fingerprint density at radius 1 is 1.47 bits per heavy atom. The summed E-state index contributed by atoms with van der Waals surface area (Å²) < 4.78 is 26.4. The molecule has 0 fully saturated rings. The molecule has 0 radical (unpaired) electrons. The molecule has 0 saturated heterocycles. The number of sulfone groups is 1. The van der Waals surface area contributed by atoms with Crippen molar-refractivity contribution in [3.05, 3.63) is 28.8 Å². The van der Waals surface area contributed by atoms with Crippen molar-refractivity contribution in [2.75, 3.05) is 24.3 Å². The van der Waals surface area contributed by atoms with Crippen LogP contribution in [0.4, 0.5) is 5.69 Å². The molecule has 0 aliphatic rings. The van der Waals surface area contributed by atoms with Crippen molar-refractivity contribution >= 4 is 33.1 Å². The van der Waals surface area contributed by atoms with E-state index in [1.165, 1.54) is 18.2 Å². The third-order valence-corrected chi connectivity index (χ3v) is 3.16. The summed E-state index contributed by atoms with van der Waals surface area (Å²) >= 11 is 5.74. The molecule has 0 aliphatic heterocycles. The molecule has 0 atom stereocenters. The number of hydrogen-bond donors (Lipinski definition) is 1. The largest absolute Gasteiger partial charge is 0.461 e. The van der Waals surface area contributed by atoms with Crippen molar-refractivity contribution < 1.29 is 17.9 Å². The molecular weight excluding hydrogens is 266 g/mol. The van der Waals surface area contributed by atoms with Crippen LogP contribution in [0.5, 0.6) is 0 Å². The van der Waals surface area contributed by atoms with Gasteiger partial charge in [-0.3, -0.25) is 0 Å². The zero-order valence-corrected chi connectivity index (χ0v) is 10.7. The predicted octanol–water partition coefficient (Wildman–Crippen LogP) is 1.12. The average molecular weight is 278 g/mol. The topological polar surface area (TPSA) is 86.5 Å². The zero-order chi connectivity index (χ0) is 13.1. The quantitative estimate of drug-likeness (QED) is 0.658. The number of halogens is 1. The molecule has 0 saturated carbocycles. The Balaban J connectivity index is 2.61. The lowest BCUT2D eigenvalue weighted by Crippen LogP contribution is -2.14. The fourth-order valence-corrected chi connectivity index (χ4v) is 1.59. The van der Waals surface area contributed by atoms with Crippen molar-refractivity contribution in [1.82, 2.24) is 0 Å². The van der Waals surface area contributed by atoms with Crippen molar-refractivity contribution in [2.24, 2.45) is 0 Å². The van der Waals surface area contributed by atoms with Crippen LogP contribution in [0.2, 0.25) is 5.02 Å². The van der Waals surface area contributed by atoms with Crippen LogP contribution in [0.3, 0.4) is 0 Å². The average Bonchev–Trinajstić information content (AvgIpc) is 2.20. The highest BCUT2D eigenvalue weighted by atomic mass is 35.5. The third kappa shape index (κ3) is 4.62. The molecule has 5 nitrogen and oxygen atoms in total. The number of carbonyl (C=O) groups excluding carboxylic acids is 1. The van der Waals surface area contributed by atoms with E-state index in [0.717, 1.165) is 6.26 Å². The number of nitrogens with two attached hydrogens (primary N) is 1. The highest BCUT2D eigenvalue weighted by Gasteiger charge is 2.10. The van der Waals surface area contributed by atoms with Gasteiger partial charge in [-0.15, -0.1) is 0 Å². The summed E-state index contributed by atoms with van der Waals surface area (Å²) in [5, 5.41) is 0.252. The van der Waals surface area contributed by atoms with Crippen molar-refractivity contribution in [3.8, 4) is 0 Å². The maximum absolute atomic E-state index is 11.5. The van der Waals surface area contributed by atoms with Gasteiger partial charge in [-0.25, -0.2) is 13.2 Å². The van der Waals surface area contributed by atoms with Crippen molar-refractivity contribution in [3.63, 3.8) is 0 Å². The lowest BCUT2D eigenvalue weighted by molar-refractivity contribution is 0.0529. The minimum absolute atomic E-state index is 0.181. The van der Waals surface area contributed by atoms with Gasteiger partial charge in [0.2, 0.25) is 0 Å². The Kier molecular flexibility index (Phi) is 4.36. The lowest BCUT2D eigenvalue weighted by atomic mass is 10.2. The van der Waals surface area contributed by atoms with E-state index in [9.17, 15) is 13.2 Å². The summed E-state index contributed by atoms with van der Waals surface area (Å²) in [5.74, 6) is -0.836. The van der Waals surface area contributed by atoms with Gasteiger partial charge < -0.3 is 10.5 Å². The van der Waals surface area contributed by atoms with E-state index in [1.807, 2.05) is 0 Å². The normalized spacial score (nSPS) is 11.2. The molecule has 0 spiro atoms. The van der Waals surface area contributed by atoms with Crippen LogP contribution in [0.15, 0.2) is 18.2 Å². The molecule has 1 aromatic rings. The first kappa shape index (κ1) is 13.8. The lowest BCUT2D eigenvalue weighted by Gasteiger charge is -2.05. The van der Waals surface area contributed by atoms with Gasteiger partial charge in [0.1, 0.15) is 6.61 Å². The summed E-state index contributed by atoms with van der Waals surface area (Å²) in [6.45, 7) is -0.181. The first-order valence-corrected chi connectivity index (χ1v) is 7.13. The molecule has 1 rings (SSSR count). The number of carbonyl (C=O) groups is 1. The molecule has 0 unspecified atom stereocenters. The Morgan fingerprint density at radius 2 is 2.12 bits per heavy atom. The van der Waals surface area contributed by atoms with Crippen molar-refractivity contribution in [1.29, 1.82) is 0 Å².